The lowest BCUT2D eigenvalue weighted by molar-refractivity contribution is -0.115. The molecule has 134 valence electrons. The number of carbonyl (C=O) groups is 1. The van der Waals surface area contributed by atoms with Crippen LogP contribution in [-0.4, -0.2) is 12.5 Å². The molecule has 0 unspecified atom stereocenters. The zero-order valence-electron chi connectivity index (χ0n) is 14.3. The van der Waals surface area contributed by atoms with E-state index in [1.807, 2.05) is 19.1 Å². The maximum Gasteiger partial charge on any atom is 0.362 e. The molecule has 2 aromatic carbocycles. The number of para-hydroxylation sites is 1. The summed E-state index contributed by atoms with van der Waals surface area (Å²) in [5.41, 5.74) is 1.12. The minimum Gasteiger partial charge on any atom is -0.421 e. The van der Waals surface area contributed by atoms with Crippen LogP contribution in [0.25, 0.3) is 11.0 Å². The molecule has 0 aliphatic carbocycles. The third-order valence-corrected chi connectivity index (χ3v) is 3.91. The van der Waals surface area contributed by atoms with Gasteiger partial charge in [-0.15, -0.1) is 0 Å². The molecule has 0 radical (unpaired) electrons. The summed E-state index contributed by atoms with van der Waals surface area (Å²) < 4.78 is 18.3. The number of benzene rings is 2. The molecule has 0 saturated heterocycles. The SMILES string of the molecule is CCCNc1c(NC(=O)Cc2ccc(F)cc2)c(=O)oc2ccccc12. The van der Waals surface area contributed by atoms with Crippen molar-refractivity contribution in [2.45, 2.75) is 19.8 Å². The molecule has 2 N–H and O–H groups in total. The van der Waals surface area contributed by atoms with Gasteiger partial charge in [0.1, 0.15) is 11.4 Å². The number of rotatable bonds is 6. The Bertz CT molecular complexity index is 981. The maximum absolute atomic E-state index is 13.0. The number of amides is 1. The standard InChI is InChI=1S/C20H19FN2O3/c1-2-11-22-18-15-5-3-4-6-16(15)26-20(25)19(18)23-17(24)12-13-7-9-14(21)10-8-13/h3-10,22H,2,11-12H2,1H3,(H,23,24). The zero-order chi connectivity index (χ0) is 18.5. The summed E-state index contributed by atoms with van der Waals surface area (Å²) >= 11 is 0. The first-order valence-electron chi connectivity index (χ1n) is 8.42. The fourth-order valence-electron chi connectivity index (χ4n) is 2.67. The lowest BCUT2D eigenvalue weighted by Crippen LogP contribution is -2.21. The van der Waals surface area contributed by atoms with Crippen molar-refractivity contribution >= 4 is 28.3 Å². The van der Waals surface area contributed by atoms with E-state index in [1.54, 1.807) is 12.1 Å². The van der Waals surface area contributed by atoms with E-state index in [2.05, 4.69) is 10.6 Å². The molecule has 0 atom stereocenters. The van der Waals surface area contributed by atoms with Crippen LogP contribution in [-0.2, 0) is 11.2 Å². The van der Waals surface area contributed by atoms with E-state index in [4.69, 9.17) is 4.42 Å². The van der Waals surface area contributed by atoms with E-state index < -0.39 is 5.63 Å². The van der Waals surface area contributed by atoms with E-state index in [1.165, 1.54) is 24.3 Å². The maximum atomic E-state index is 13.0. The van der Waals surface area contributed by atoms with Gasteiger partial charge < -0.3 is 15.1 Å². The Balaban J connectivity index is 1.92. The predicted octanol–water partition coefficient (Wildman–Crippen LogP) is 3.94. The van der Waals surface area contributed by atoms with E-state index in [-0.39, 0.29) is 23.8 Å². The zero-order valence-corrected chi connectivity index (χ0v) is 14.3. The van der Waals surface area contributed by atoms with Gasteiger partial charge in [-0.05, 0) is 36.2 Å². The van der Waals surface area contributed by atoms with E-state index >= 15 is 0 Å². The third-order valence-electron chi connectivity index (χ3n) is 3.91. The first-order valence-corrected chi connectivity index (χ1v) is 8.42. The molecule has 1 amide bonds. The Morgan fingerprint density at radius 3 is 2.54 bits per heavy atom. The Labute approximate surface area is 149 Å². The Morgan fingerprint density at radius 1 is 1.08 bits per heavy atom. The molecule has 1 heterocycles. The molecule has 3 aromatic rings. The van der Waals surface area contributed by atoms with Crippen LogP contribution < -0.4 is 16.3 Å². The van der Waals surface area contributed by atoms with Crippen molar-refractivity contribution in [1.29, 1.82) is 0 Å². The second kappa shape index (κ2) is 7.82. The highest BCUT2D eigenvalue weighted by Gasteiger charge is 2.16. The number of hydrogen-bond acceptors (Lipinski definition) is 4. The predicted molar refractivity (Wildman–Crippen MR) is 100.0 cm³/mol. The van der Waals surface area contributed by atoms with E-state index in [0.717, 1.165) is 11.8 Å². The van der Waals surface area contributed by atoms with Crippen LogP contribution >= 0.6 is 0 Å². The normalized spacial score (nSPS) is 10.7. The highest BCUT2D eigenvalue weighted by Crippen LogP contribution is 2.28. The molecule has 0 fully saturated rings. The van der Waals surface area contributed by atoms with Crippen LogP contribution in [0.5, 0.6) is 0 Å². The molecule has 26 heavy (non-hydrogen) atoms. The fourth-order valence-corrected chi connectivity index (χ4v) is 2.67. The minimum atomic E-state index is -0.616. The summed E-state index contributed by atoms with van der Waals surface area (Å²) in [5.74, 6) is -0.742. The number of anilines is 2. The van der Waals surface area contributed by atoms with Gasteiger partial charge in [0.15, 0.2) is 5.69 Å². The van der Waals surface area contributed by atoms with Gasteiger partial charge in [-0.1, -0.05) is 31.2 Å². The molecular formula is C20H19FN2O3. The first kappa shape index (κ1) is 17.7. The van der Waals surface area contributed by atoms with Crippen molar-refractivity contribution in [2.24, 2.45) is 0 Å². The van der Waals surface area contributed by atoms with Gasteiger partial charge in [0, 0.05) is 11.9 Å². The summed E-state index contributed by atoms with van der Waals surface area (Å²) in [4.78, 5) is 24.7. The van der Waals surface area contributed by atoms with Crippen molar-refractivity contribution < 1.29 is 13.6 Å². The molecule has 5 nitrogen and oxygen atoms in total. The Hall–Kier alpha value is -3.15. The van der Waals surface area contributed by atoms with Gasteiger partial charge in [0.25, 0.3) is 0 Å². The van der Waals surface area contributed by atoms with Crippen molar-refractivity contribution in [3.8, 4) is 0 Å². The van der Waals surface area contributed by atoms with Gasteiger partial charge in [-0.2, -0.15) is 0 Å². The Morgan fingerprint density at radius 2 is 1.81 bits per heavy atom. The fraction of sp³-hybridized carbons (Fsp3) is 0.200. The van der Waals surface area contributed by atoms with Gasteiger partial charge in [0.05, 0.1) is 12.1 Å². The molecule has 1 aromatic heterocycles. The van der Waals surface area contributed by atoms with Crippen LogP contribution in [0.15, 0.2) is 57.7 Å². The average molecular weight is 354 g/mol. The lowest BCUT2D eigenvalue weighted by atomic mass is 10.1. The van der Waals surface area contributed by atoms with E-state index in [0.29, 0.717) is 23.4 Å². The summed E-state index contributed by atoms with van der Waals surface area (Å²) in [5, 5.41) is 6.56. The summed E-state index contributed by atoms with van der Waals surface area (Å²) in [7, 11) is 0. The molecule has 0 aliphatic heterocycles. The Kier molecular flexibility index (Phi) is 5.31. The van der Waals surface area contributed by atoms with Crippen LogP contribution in [0.2, 0.25) is 0 Å². The molecule has 6 heteroatoms. The summed E-state index contributed by atoms with van der Waals surface area (Å²) in [6, 6.07) is 12.8. The van der Waals surface area contributed by atoms with Crippen molar-refractivity contribution in [2.75, 3.05) is 17.2 Å². The first-order chi connectivity index (χ1) is 12.6. The monoisotopic (exact) mass is 354 g/mol. The number of halogens is 1. The molecule has 3 rings (SSSR count). The van der Waals surface area contributed by atoms with Gasteiger partial charge in [0.2, 0.25) is 5.91 Å². The molecule has 0 spiro atoms. The smallest absolute Gasteiger partial charge is 0.362 e. The molecule has 0 aliphatic rings. The van der Waals surface area contributed by atoms with E-state index in [9.17, 15) is 14.0 Å². The van der Waals surface area contributed by atoms with Crippen LogP contribution in [0.1, 0.15) is 18.9 Å². The number of fused-ring (bicyclic) bond motifs is 1. The van der Waals surface area contributed by atoms with Crippen LogP contribution in [0.4, 0.5) is 15.8 Å². The van der Waals surface area contributed by atoms with Crippen LogP contribution in [0, 0.1) is 5.82 Å². The van der Waals surface area contributed by atoms with Gasteiger partial charge >= 0.3 is 5.63 Å². The topological polar surface area (TPSA) is 71.3 Å². The van der Waals surface area contributed by atoms with Crippen molar-refractivity contribution in [3.63, 3.8) is 0 Å². The number of hydrogen-bond donors (Lipinski definition) is 2. The van der Waals surface area contributed by atoms with Crippen LogP contribution in [0.3, 0.4) is 0 Å². The largest absolute Gasteiger partial charge is 0.421 e. The average Bonchev–Trinajstić information content (AvgIpc) is 2.63. The third kappa shape index (κ3) is 3.91. The van der Waals surface area contributed by atoms with Gasteiger partial charge in [-0.25, -0.2) is 9.18 Å². The molecular weight excluding hydrogens is 335 g/mol. The summed E-state index contributed by atoms with van der Waals surface area (Å²) in [6.07, 6.45) is 0.886. The van der Waals surface area contributed by atoms with Crippen molar-refractivity contribution in [1.82, 2.24) is 0 Å². The molecule has 0 bridgehead atoms. The highest BCUT2D eigenvalue weighted by atomic mass is 19.1. The molecule has 0 saturated carbocycles. The summed E-state index contributed by atoms with van der Waals surface area (Å²) in [6.45, 7) is 2.65. The number of carbonyl (C=O) groups excluding carboxylic acids is 1. The highest BCUT2D eigenvalue weighted by molar-refractivity contribution is 6.02. The second-order valence-corrected chi connectivity index (χ2v) is 5.91. The quantitative estimate of drug-likeness (QED) is 0.658. The van der Waals surface area contributed by atoms with Gasteiger partial charge in [-0.3, -0.25) is 4.79 Å². The second-order valence-electron chi connectivity index (χ2n) is 5.91. The number of nitrogens with one attached hydrogen (secondary N) is 2. The van der Waals surface area contributed by atoms with Crippen molar-refractivity contribution in [3.05, 3.63) is 70.3 Å². The minimum absolute atomic E-state index is 0.0275. The lowest BCUT2D eigenvalue weighted by Gasteiger charge is -2.14.